The summed E-state index contributed by atoms with van der Waals surface area (Å²) < 4.78 is 93.2. The third-order valence-electron chi connectivity index (χ3n) is 5.30. The first-order chi connectivity index (χ1) is 19.1. The summed E-state index contributed by atoms with van der Waals surface area (Å²) in [5.41, 5.74) is -3.71. The second-order valence-electron chi connectivity index (χ2n) is 8.63. The number of aldehydes is 1. The Hall–Kier alpha value is -3.39. The van der Waals surface area contributed by atoms with Crippen LogP contribution in [-0.4, -0.2) is 56.2 Å². The minimum absolute atomic E-state index is 0.00512. The highest BCUT2D eigenvalue weighted by Crippen LogP contribution is 2.35. The molecule has 0 saturated heterocycles. The smallest absolute Gasteiger partial charge is 0.433 e. The standard InChI is InChI=1S/C16H21ClN2O2.C9H5F6NO2.CH3F/c1-16(9-3-4-13(10-16)18-2)19-15(20)11-21-14-7-5-12(17)6-8-14;10-8(11,12)6-3-5(18-2-1-17)4-7(16-6)9(13,14)15;1-2/h3-8,13,18H,9-11H2,1-2H3,(H,19,20);1,3-4H,2H2;1H3. The molecule has 0 bridgehead atoms. The van der Waals surface area contributed by atoms with Crippen molar-refractivity contribution in [2.75, 3.05) is 27.4 Å². The van der Waals surface area contributed by atoms with E-state index in [-0.39, 0.29) is 24.3 Å². The first kappa shape index (κ1) is 35.6. The van der Waals surface area contributed by atoms with Crippen molar-refractivity contribution in [3.8, 4) is 11.5 Å². The van der Waals surface area contributed by atoms with E-state index in [1.54, 1.807) is 24.3 Å². The Morgan fingerprint density at radius 2 is 1.61 bits per heavy atom. The molecule has 7 nitrogen and oxygen atoms in total. The summed E-state index contributed by atoms with van der Waals surface area (Å²) in [5, 5.41) is 6.92. The highest BCUT2D eigenvalue weighted by molar-refractivity contribution is 6.30. The number of halogens is 8. The van der Waals surface area contributed by atoms with E-state index in [1.807, 2.05) is 7.05 Å². The number of alkyl halides is 7. The monoisotopic (exact) mass is 615 g/mol. The molecule has 1 aliphatic carbocycles. The van der Waals surface area contributed by atoms with Gasteiger partial charge in [0.2, 0.25) is 0 Å². The molecule has 2 unspecified atom stereocenters. The maximum absolute atomic E-state index is 12.3. The van der Waals surface area contributed by atoms with Crippen LogP contribution in [0.15, 0.2) is 48.6 Å². The van der Waals surface area contributed by atoms with Gasteiger partial charge in [0.15, 0.2) is 12.9 Å². The van der Waals surface area contributed by atoms with Crippen molar-refractivity contribution in [1.82, 2.24) is 15.6 Å². The Morgan fingerprint density at radius 1 is 1.05 bits per heavy atom. The van der Waals surface area contributed by atoms with Gasteiger partial charge < -0.3 is 20.1 Å². The Bertz CT molecular complexity index is 1110. The molecule has 0 spiro atoms. The molecular formula is C26H29ClF7N3O4. The number of likely N-dealkylation sites (N-methyl/N-ethyl adjacent to an activating group) is 1. The number of nitrogens with zero attached hydrogens (tertiary/aromatic N) is 1. The molecule has 1 aromatic carbocycles. The maximum atomic E-state index is 12.3. The third-order valence-corrected chi connectivity index (χ3v) is 5.55. The van der Waals surface area contributed by atoms with Gasteiger partial charge in [-0.1, -0.05) is 23.8 Å². The molecule has 15 heteroatoms. The summed E-state index contributed by atoms with van der Waals surface area (Å²) >= 11 is 5.80. The third kappa shape index (κ3) is 12.8. The highest BCUT2D eigenvalue weighted by atomic mass is 35.5. The predicted molar refractivity (Wildman–Crippen MR) is 138 cm³/mol. The van der Waals surface area contributed by atoms with Gasteiger partial charge >= 0.3 is 12.4 Å². The molecule has 2 N–H and O–H groups in total. The molecule has 0 aliphatic heterocycles. The van der Waals surface area contributed by atoms with Crippen LogP contribution < -0.4 is 20.1 Å². The van der Waals surface area contributed by atoms with Gasteiger partial charge in [0.05, 0.1) is 7.18 Å². The number of hydrogen-bond donors (Lipinski definition) is 2. The zero-order valence-electron chi connectivity index (χ0n) is 22.2. The van der Waals surface area contributed by atoms with Crippen molar-refractivity contribution < 1.29 is 49.8 Å². The number of pyridine rings is 1. The van der Waals surface area contributed by atoms with E-state index in [9.17, 15) is 40.3 Å². The molecule has 1 aromatic heterocycles. The van der Waals surface area contributed by atoms with Crippen molar-refractivity contribution in [3.05, 3.63) is 65.0 Å². The van der Waals surface area contributed by atoms with Crippen LogP contribution >= 0.6 is 11.6 Å². The molecule has 2 atom stereocenters. The van der Waals surface area contributed by atoms with Crippen LogP contribution in [0, 0.1) is 0 Å². The van der Waals surface area contributed by atoms with E-state index in [0.29, 0.717) is 36.1 Å². The van der Waals surface area contributed by atoms with Crippen LogP contribution in [-0.2, 0) is 21.9 Å². The Kier molecular flexibility index (Phi) is 14.0. The van der Waals surface area contributed by atoms with Crippen LogP contribution in [0.4, 0.5) is 30.7 Å². The van der Waals surface area contributed by atoms with Crippen LogP contribution in [0.5, 0.6) is 11.5 Å². The Balaban J connectivity index is 0.000000391. The van der Waals surface area contributed by atoms with Crippen molar-refractivity contribution in [1.29, 1.82) is 0 Å². The quantitative estimate of drug-likeness (QED) is 0.221. The second kappa shape index (κ2) is 16.2. The van der Waals surface area contributed by atoms with Gasteiger partial charge in [-0.15, -0.1) is 0 Å². The van der Waals surface area contributed by atoms with Gasteiger partial charge in [-0.05, 0) is 51.1 Å². The van der Waals surface area contributed by atoms with Crippen LogP contribution in [0.25, 0.3) is 0 Å². The fraction of sp³-hybridized carbons (Fsp3) is 0.423. The molecule has 1 heterocycles. The molecule has 3 rings (SSSR count). The fourth-order valence-electron chi connectivity index (χ4n) is 3.49. The zero-order chi connectivity index (χ0) is 31.3. The molecule has 228 valence electrons. The molecule has 0 radical (unpaired) electrons. The number of rotatable bonds is 8. The number of aromatic nitrogens is 1. The Morgan fingerprint density at radius 3 is 2.10 bits per heavy atom. The first-order valence-corrected chi connectivity index (χ1v) is 12.2. The molecule has 0 saturated carbocycles. The minimum Gasteiger partial charge on any atom is -0.486 e. The minimum atomic E-state index is -5.04. The van der Waals surface area contributed by atoms with E-state index in [1.165, 1.54) is 0 Å². The summed E-state index contributed by atoms with van der Waals surface area (Å²) in [7, 11) is 2.42. The number of amides is 1. The summed E-state index contributed by atoms with van der Waals surface area (Å²) in [6.45, 7) is 1.41. The van der Waals surface area contributed by atoms with Gasteiger partial charge in [0, 0.05) is 28.7 Å². The summed E-state index contributed by atoms with van der Waals surface area (Å²) in [5.74, 6) is -0.203. The summed E-state index contributed by atoms with van der Waals surface area (Å²) in [6, 6.07) is 7.84. The number of carbonyl (C=O) groups is 2. The van der Waals surface area contributed by atoms with E-state index < -0.39 is 36.1 Å². The van der Waals surface area contributed by atoms with Gasteiger partial charge in [0.25, 0.3) is 5.91 Å². The normalized spacial score (nSPS) is 18.2. The number of hydrogen-bond acceptors (Lipinski definition) is 6. The topological polar surface area (TPSA) is 89.6 Å². The number of ether oxygens (including phenoxy) is 2. The van der Waals surface area contributed by atoms with E-state index >= 15 is 0 Å². The second-order valence-corrected chi connectivity index (χ2v) is 9.07. The lowest BCUT2D eigenvalue weighted by atomic mass is 9.85. The van der Waals surface area contributed by atoms with Crippen molar-refractivity contribution >= 4 is 23.8 Å². The van der Waals surface area contributed by atoms with Gasteiger partial charge in [-0.2, -0.15) is 26.3 Å². The van der Waals surface area contributed by atoms with Crippen molar-refractivity contribution in [3.63, 3.8) is 0 Å². The van der Waals surface area contributed by atoms with Crippen molar-refractivity contribution in [2.24, 2.45) is 0 Å². The molecule has 41 heavy (non-hydrogen) atoms. The SMILES string of the molecule is CF.CNC1C=CCC(C)(NC(=O)COc2ccc(Cl)cc2)C1.O=CCOc1cc(C(F)(F)F)nc(C(F)(F)F)c1. The first-order valence-electron chi connectivity index (χ1n) is 11.8. The van der Waals surface area contributed by atoms with Crippen LogP contribution in [0.2, 0.25) is 5.02 Å². The number of carbonyl (C=O) groups excluding carboxylic acids is 2. The molecule has 1 amide bonds. The molecular weight excluding hydrogens is 587 g/mol. The average Bonchev–Trinajstić information content (AvgIpc) is 2.91. The van der Waals surface area contributed by atoms with Crippen molar-refractivity contribution in [2.45, 2.75) is 43.7 Å². The van der Waals surface area contributed by atoms with Gasteiger partial charge in [-0.25, -0.2) is 4.98 Å². The van der Waals surface area contributed by atoms with E-state index in [2.05, 4.69) is 39.4 Å². The number of benzene rings is 1. The van der Waals surface area contributed by atoms with Gasteiger partial charge in [0.1, 0.15) is 29.5 Å². The highest BCUT2D eigenvalue weighted by Gasteiger charge is 2.39. The lowest BCUT2D eigenvalue weighted by Crippen LogP contribution is -2.52. The maximum Gasteiger partial charge on any atom is 0.433 e. The largest absolute Gasteiger partial charge is 0.486 e. The molecule has 0 fully saturated rings. The van der Waals surface area contributed by atoms with Crippen LogP contribution in [0.3, 0.4) is 0 Å². The summed E-state index contributed by atoms with van der Waals surface area (Å²) in [6.07, 6.45) is -3.95. The zero-order valence-corrected chi connectivity index (χ0v) is 23.0. The van der Waals surface area contributed by atoms with Gasteiger partial charge in [-0.3, -0.25) is 14.0 Å². The molecule has 2 aromatic rings. The van der Waals surface area contributed by atoms with E-state index in [4.69, 9.17) is 16.3 Å². The average molecular weight is 616 g/mol. The lowest BCUT2D eigenvalue weighted by molar-refractivity contribution is -0.150. The van der Waals surface area contributed by atoms with E-state index in [0.717, 1.165) is 12.8 Å². The van der Waals surface area contributed by atoms with Crippen LogP contribution in [0.1, 0.15) is 31.2 Å². The fourth-order valence-corrected chi connectivity index (χ4v) is 3.62. The number of nitrogens with one attached hydrogen (secondary N) is 2. The summed E-state index contributed by atoms with van der Waals surface area (Å²) in [4.78, 5) is 24.5. The predicted octanol–water partition coefficient (Wildman–Crippen LogP) is 5.81. The Labute approximate surface area is 237 Å². The lowest BCUT2D eigenvalue weighted by Gasteiger charge is -2.35. The molecule has 1 aliphatic rings.